The molecule has 0 aliphatic carbocycles. The zero-order chi connectivity index (χ0) is 14.7. The fourth-order valence-corrected chi connectivity index (χ4v) is 2.15. The van der Waals surface area contributed by atoms with Gasteiger partial charge in [0.25, 0.3) is 0 Å². The lowest BCUT2D eigenvalue weighted by atomic mass is 10.1. The van der Waals surface area contributed by atoms with Crippen LogP contribution in [0.15, 0.2) is 24.3 Å². The Balaban J connectivity index is 2.59. The van der Waals surface area contributed by atoms with Crippen molar-refractivity contribution in [2.75, 3.05) is 12.4 Å². The first-order chi connectivity index (χ1) is 9.52. The minimum absolute atomic E-state index is 0.128. The SMILES string of the molecule is CNc1nc(C)nc(-c2ccccc2OC(C)C)c1C. The number of ether oxygens (including phenoxy) is 1. The van der Waals surface area contributed by atoms with E-state index in [1.54, 1.807) is 0 Å². The van der Waals surface area contributed by atoms with E-state index >= 15 is 0 Å². The van der Waals surface area contributed by atoms with Crippen LogP contribution in [0.3, 0.4) is 0 Å². The summed E-state index contributed by atoms with van der Waals surface area (Å²) in [6.45, 7) is 7.96. The monoisotopic (exact) mass is 271 g/mol. The number of nitrogens with one attached hydrogen (secondary N) is 1. The highest BCUT2D eigenvalue weighted by molar-refractivity contribution is 5.73. The molecule has 1 heterocycles. The van der Waals surface area contributed by atoms with Gasteiger partial charge in [-0.2, -0.15) is 0 Å². The zero-order valence-corrected chi connectivity index (χ0v) is 12.7. The largest absolute Gasteiger partial charge is 0.490 e. The van der Waals surface area contributed by atoms with Gasteiger partial charge in [-0.1, -0.05) is 12.1 Å². The lowest BCUT2D eigenvalue weighted by Gasteiger charge is -2.16. The van der Waals surface area contributed by atoms with Crippen molar-refractivity contribution in [3.63, 3.8) is 0 Å². The van der Waals surface area contributed by atoms with Crippen LogP contribution in [0.2, 0.25) is 0 Å². The molecule has 0 saturated heterocycles. The summed E-state index contributed by atoms with van der Waals surface area (Å²) >= 11 is 0. The molecule has 1 aromatic heterocycles. The van der Waals surface area contributed by atoms with E-state index in [1.165, 1.54) is 0 Å². The molecular formula is C16H21N3O. The van der Waals surface area contributed by atoms with Gasteiger partial charge in [-0.25, -0.2) is 9.97 Å². The molecule has 4 heteroatoms. The van der Waals surface area contributed by atoms with E-state index in [-0.39, 0.29) is 6.10 Å². The number of hydrogen-bond acceptors (Lipinski definition) is 4. The maximum Gasteiger partial charge on any atom is 0.132 e. The highest BCUT2D eigenvalue weighted by Gasteiger charge is 2.14. The summed E-state index contributed by atoms with van der Waals surface area (Å²) in [5, 5.41) is 3.11. The van der Waals surface area contributed by atoms with E-state index in [0.29, 0.717) is 0 Å². The van der Waals surface area contributed by atoms with Crippen molar-refractivity contribution < 1.29 is 4.74 Å². The van der Waals surface area contributed by atoms with Crippen molar-refractivity contribution in [2.24, 2.45) is 0 Å². The molecular weight excluding hydrogens is 250 g/mol. The van der Waals surface area contributed by atoms with Crippen LogP contribution < -0.4 is 10.1 Å². The maximum absolute atomic E-state index is 5.89. The number of aromatic nitrogens is 2. The van der Waals surface area contributed by atoms with E-state index in [4.69, 9.17) is 4.74 Å². The number of rotatable bonds is 4. The average molecular weight is 271 g/mol. The van der Waals surface area contributed by atoms with Gasteiger partial charge in [0.15, 0.2) is 0 Å². The van der Waals surface area contributed by atoms with Crippen LogP contribution in [0, 0.1) is 13.8 Å². The Hall–Kier alpha value is -2.10. The van der Waals surface area contributed by atoms with Crippen LogP contribution in [-0.2, 0) is 0 Å². The molecule has 20 heavy (non-hydrogen) atoms. The smallest absolute Gasteiger partial charge is 0.132 e. The van der Waals surface area contributed by atoms with Gasteiger partial charge in [-0.05, 0) is 39.8 Å². The van der Waals surface area contributed by atoms with Gasteiger partial charge in [0, 0.05) is 18.2 Å². The number of aryl methyl sites for hydroxylation is 1. The van der Waals surface area contributed by atoms with Crippen LogP contribution in [0.4, 0.5) is 5.82 Å². The summed E-state index contributed by atoms with van der Waals surface area (Å²) in [6.07, 6.45) is 0.128. The van der Waals surface area contributed by atoms with Crippen molar-refractivity contribution in [1.29, 1.82) is 0 Å². The van der Waals surface area contributed by atoms with Crippen molar-refractivity contribution in [2.45, 2.75) is 33.8 Å². The summed E-state index contributed by atoms with van der Waals surface area (Å²) in [7, 11) is 1.87. The van der Waals surface area contributed by atoms with Gasteiger partial charge in [0.05, 0.1) is 11.8 Å². The Morgan fingerprint density at radius 1 is 1.10 bits per heavy atom. The minimum atomic E-state index is 0.128. The minimum Gasteiger partial charge on any atom is -0.490 e. The van der Waals surface area contributed by atoms with E-state index < -0.39 is 0 Å². The van der Waals surface area contributed by atoms with Crippen molar-refractivity contribution in [3.8, 4) is 17.0 Å². The lowest BCUT2D eigenvalue weighted by Crippen LogP contribution is -2.08. The molecule has 0 amide bonds. The van der Waals surface area contributed by atoms with E-state index in [9.17, 15) is 0 Å². The summed E-state index contributed by atoms with van der Waals surface area (Å²) in [6, 6.07) is 7.99. The molecule has 0 spiro atoms. The van der Waals surface area contributed by atoms with Gasteiger partial charge in [0.1, 0.15) is 17.4 Å². The molecule has 1 aromatic carbocycles. The summed E-state index contributed by atoms with van der Waals surface area (Å²) < 4.78 is 5.89. The summed E-state index contributed by atoms with van der Waals surface area (Å²) in [5.74, 6) is 2.45. The molecule has 0 atom stereocenters. The highest BCUT2D eigenvalue weighted by atomic mass is 16.5. The molecule has 4 nitrogen and oxygen atoms in total. The number of para-hydroxylation sites is 1. The Kier molecular flexibility index (Phi) is 4.23. The van der Waals surface area contributed by atoms with Gasteiger partial charge >= 0.3 is 0 Å². The first-order valence-electron chi connectivity index (χ1n) is 6.82. The predicted octanol–water partition coefficient (Wildman–Crippen LogP) is 3.59. The molecule has 0 fully saturated rings. The normalized spacial score (nSPS) is 10.7. The second-order valence-electron chi connectivity index (χ2n) is 5.01. The third kappa shape index (κ3) is 2.90. The summed E-state index contributed by atoms with van der Waals surface area (Å²) in [5.41, 5.74) is 2.94. The lowest BCUT2D eigenvalue weighted by molar-refractivity contribution is 0.243. The van der Waals surface area contributed by atoms with Gasteiger partial charge in [0.2, 0.25) is 0 Å². The third-order valence-electron chi connectivity index (χ3n) is 3.00. The van der Waals surface area contributed by atoms with Gasteiger partial charge in [-0.15, -0.1) is 0 Å². The quantitative estimate of drug-likeness (QED) is 0.923. The average Bonchev–Trinajstić information content (AvgIpc) is 2.41. The standard InChI is InChI=1S/C16H21N3O/c1-10(2)20-14-9-7-6-8-13(14)15-11(3)16(17-5)19-12(4)18-15/h6-10H,1-5H3,(H,17,18,19). The molecule has 0 bridgehead atoms. The fraction of sp³-hybridized carbons (Fsp3) is 0.375. The number of anilines is 1. The van der Waals surface area contributed by atoms with Crippen LogP contribution >= 0.6 is 0 Å². The highest BCUT2D eigenvalue weighted by Crippen LogP contribution is 2.33. The van der Waals surface area contributed by atoms with E-state index in [0.717, 1.165) is 34.2 Å². The third-order valence-corrected chi connectivity index (χ3v) is 3.00. The Morgan fingerprint density at radius 3 is 2.45 bits per heavy atom. The number of nitrogens with zero attached hydrogens (tertiary/aromatic N) is 2. The molecule has 0 unspecified atom stereocenters. The molecule has 0 aliphatic rings. The number of hydrogen-bond donors (Lipinski definition) is 1. The van der Waals surface area contributed by atoms with Crippen LogP contribution in [0.5, 0.6) is 5.75 Å². The topological polar surface area (TPSA) is 47.0 Å². The molecule has 1 N–H and O–H groups in total. The Morgan fingerprint density at radius 2 is 1.80 bits per heavy atom. The van der Waals surface area contributed by atoms with Gasteiger partial charge in [-0.3, -0.25) is 0 Å². The fourth-order valence-electron chi connectivity index (χ4n) is 2.15. The molecule has 0 saturated carbocycles. The van der Waals surface area contributed by atoms with Gasteiger partial charge < -0.3 is 10.1 Å². The molecule has 2 rings (SSSR count). The van der Waals surface area contributed by atoms with E-state index in [2.05, 4.69) is 15.3 Å². The predicted molar refractivity (Wildman–Crippen MR) is 82.3 cm³/mol. The second-order valence-corrected chi connectivity index (χ2v) is 5.01. The van der Waals surface area contributed by atoms with E-state index in [1.807, 2.05) is 59.0 Å². The first kappa shape index (κ1) is 14.3. The number of benzene rings is 1. The van der Waals surface area contributed by atoms with Crippen molar-refractivity contribution in [1.82, 2.24) is 9.97 Å². The molecule has 106 valence electrons. The first-order valence-corrected chi connectivity index (χ1v) is 6.82. The molecule has 0 radical (unpaired) electrons. The van der Waals surface area contributed by atoms with Crippen LogP contribution in [-0.4, -0.2) is 23.1 Å². The van der Waals surface area contributed by atoms with Crippen molar-refractivity contribution >= 4 is 5.82 Å². The van der Waals surface area contributed by atoms with Crippen LogP contribution in [0.25, 0.3) is 11.3 Å². The maximum atomic E-state index is 5.89. The Bertz CT molecular complexity index is 609. The zero-order valence-electron chi connectivity index (χ0n) is 12.7. The second kappa shape index (κ2) is 5.90. The molecule has 0 aliphatic heterocycles. The summed E-state index contributed by atoms with van der Waals surface area (Å²) in [4.78, 5) is 8.99. The molecule has 2 aromatic rings. The Labute approximate surface area is 120 Å². The van der Waals surface area contributed by atoms with Crippen molar-refractivity contribution in [3.05, 3.63) is 35.7 Å². The van der Waals surface area contributed by atoms with Crippen LogP contribution in [0.1, 0.15) is 25.2 Å².